The highest BCUT2D eigenvalue weighted by Crippen LogP contribution is 2.21. The molecule has 0 aliphatic rings. The predicted molar refractivity (Wildman–Crippen MR) is 134 cm³/mol. The molecule has 0 aliphatic carbocycles. The maximum absolute atomic E-state index is 13.0. The summed E-state index contributed by atoms with van der Waals surface area (Å²) in [5.74, 6) is -0.406. The molecule has 34 heavy (non-hydrogen) atoms. The number of carbonyl (C=O) groups excluding carboxylic acids is 1. The minimum atomic E-state index is -3.83. The molecule has 0 saturated heterocycles. The number of carbonyl (C=O) groups is 1. The van der Waals surface area contributed by atoms with Crippen LogP contribution in [0.25, 0.3) is 10.9 Å². The Morgan fingerprint density at radius 2 is 1.68 bits per heavy atom. The average molecular weight is 475 g/mol. The van der Waals surface area contributed by atoms with Gasteiger partial charge in [-0.3, -0.25) is 4.79 Å². The van der Waals surface area contributed by atoms with E-state index in [1.807, 2.05) is 55.1 Å². The molecule has 0 unspecified atom stereocenters. The van der Waals surface area contributed by atoms with E-state index < -0.39 is 22.0 Å². The second kappa shape index (κ2) is 10.0. The second-order valence-corrected chi connectivity index (χ2v) is 9.82. The van der Waals surface area contributed by atoms with Gasteiger partial charge in [-0.1, -0.05) is 66.2 Å². The Balaban J connectivity index is 1.49. The van der Waals surface area contributed by atoms with Gasteiger partial charge < -0.3 is 4.57 Å². The van der Waals surface area contributed by atoms with Crippen LogP contribution in [0.15, 0.2) is 95.1 Å². The number of amides is 1. The highest BCUT2D eigenvalue weighted by atomic mass is 32.2. The van der Waals surface area contributed by atoms with Crippen LogP contribution in [0, 0.1) is 6.92 Å². The molecule has 4 rings (SSSR count). The number of hydrazone groups is 1. The molecule has 8 heteroatoms. The molecule has 0 saturated carbocycles. The number of nitrogens with zero attached hydrogens (tertiary/aromatic N) is 2. The maximum atomic E-state index is 13.0. The highest BCUT2D eigenvalue weighted by molar-refractivity contribution is 7.89. The van der Waals surface area contributed by atoms with E-state index in [1.165, 1.54) is 0 Å². The molecule has 1 amide bonds. The lowest BCUT2D eigenvalue weighted by atomic mass is 10.0. The van der Waals surface area contributed by atoms with Crippen molar-refractivity contribution < 1.29 is 13.2 Å². The Bertz CT molecular complexity index is 1430. The van der Waals surface area contributed by atoms with Crippen molar-refractivity contribution in [1.82, 2.24) is 14.7 Å². The summed E-state index contributed by atoms with van der Waals surface area (Å²) in [6.45, 7) is 1.89. The van der Waals surface area contributed by atoms with Crippen molar-refractivity contribution in [1.29, 1.82) is 0 Å². The molecule has 0 radical (unpaired) electrons. The van der Waals surface area contributed by atoms with Crippen LogP contribution < -0.4 is 10.1 Å². The number of nitrogens with one attached hydrogen (secondary N) is 2. The molecular weight excluding hydrogens is 448 g/mol. The van der Waals surface area contributed by atoms with Crippen molar-refractivity contribution in [3.63, 3.8) is 0 Å². The summed E-state index contributed by atoms with van der Waals surface area (Å²) in [6.07, 6.45) is 3.42. The number of aryl methyl sites for hydroxylation is 2. The van der Waals surface area contributed by atoms with E-state index in [9.17, 15) is 13.2 Å². The summed E-state index contributed by atoms with van der Waals surface area (Å²) in [4.78, 5) is 12.8. The van der Waals surface area contributed by atoms with Gasteiger partial charge in [0, 0.05) is 36.1 Å². The zero-order valence-corrected chi connectivity index (χ0v) is 19.8. The van der Waals surface area contributed by atoms with Gasteiger partial charge in [0.15, 0.2) is 0 Å². The van der Waals surface area contributed by atoms with Crippen molar-refractivity contribution >= 4 is 33.0 Å². The normalized spacial score (nSPS) is 12.8. The molecule has 0 bridgehead atoms. The minimum absolute atomic E-state index is 0.109. The molecular formula is C26H26N4O3S. The van der Waals surface area contributed by atoms with Crippen LogP contribution in [0.4, 0.5) is 0 Å². The summed E-state index contributed by atoms with van der Waals surface area (Å²) >= 11 is 0. The van der Waals surface area contributed by atoms with Crippen LogP contribution in [0.3, 0.4) is 0 Å². The van der Waals surface area contributed by atoms with E-state index in [1.54, 1.807) is 54.7 Å². The monoisotopic (exact) mass is 474 g/mol. The van der Waals surface area contributed by atoms with Gasteiger partial charge >= 0.3 is 0 Å². The summed E-state index contributed by atoms with van der Waals surface area (Å²) in [7, 11) is -1.88. The molecule has 0 spiro atoms. The third-order valence-corrected chi connectivity index (χ3v) is 7.03. The molecule has 0 fully saturated rings. The first-order valence-corrected chi connectivity index (χ1v) is 12.3. The number of aromatic nitrogens is 1. The Labute approximate surface area is 199 Å². The van der Waals surface area contributed by atoms with E-state index in [2.05, 4.69) is 15.2 Å². The Morgan fingerprint density at radius 1 is 1.00 bits per heavy atom. The second-order valence-electron chi connectivity index (χ2n) is 8.11. The number of sulfonamides is 1. The maximum Gasteiger partial charge on any atom is 0.242 e. The first-order chi connectivity index (χ1) is 16.3. The first-order valence-electron chi connectivity index (χ1n) is 10.8. The lowest BCUT2D eigenvalue weighted by Gasteiger charge is -2.18. The molecule has 2 N–H and O–H groups in total. The average Bonchev–Trinajstić information content (AvgIpc) is 3.15. The van der Waals surface area contributed by atoms with Crippen molar-refractivity contribution in [3.05, 3.63) is 102 Å². The fraction of sp³-hybridized carbons (Fsp3) is 0.154. The Hall–Kier alpha value is -3.75. The molecule has 1 aromatic heterocycles. The van der Waals surface area contributed by atoms with E-state index in [-0.39, 0.29) is 11.3 Å². The van der Waals surface area contributed by atoms with E-state index >= 15 is 0 Å². The number of benzene rings is 3. The van der Waals surface area contributed by atoms with Crippen LogP contribution in [0.1, 0.15) is 29.2 Å². The van der Waals surface area contributed by atoms with Crippen molar-refractivity contribution in [2.24, 2.45) is 12.1 Å². The summed E-state index contributed by atoms with van der Waals surface area (Å²) in [5.41, 5.74) is 6.10. The van der Waals surface area contributed by atoms with Gasteiger partial charge in [-0.2, -0.15) is 5.10 Å². The van der Waals surface area contributed by atoms with Gasteiger partial charge in [-0.15, -0.1) is 0 Å². The Kier molecular flexibility index (Phi) is 6.90. The summed E-state index contributed by atoms with van der Waals surface area (Å²) in [5, 5.41) is 5.13. The van der Waals surface area contributed by atoms with Crippen LogP contribution in [-0.4, -0.2) is 25.1 Å². The molecule has 1 atom stereocenters. The third-order valence-electron chi connectivity index (χ3n) is 5.54. The van der Waals surface area contributed by atoms with Gasteiger partial charge in [-0.25, -0.2) is 18.6 Å². The molecule has 3 aromatic carbocycles. The number of para-hydroxylation sites is 1. The van der Waals surface area contributed by atoms with E-state index in [0.717, 1.165) is 22.0 Å². The lowest BCUT2D eigenvalue weighted by molar-refractivity contribution is -0.121. The zero-order valence-electron chi connectivity index (χ0n) is 19.0. The van der Waals surface area contributed by atoms with Gasteiger partial charge in [-0.05, 0) is 30.7 Å². The third kappa shape index (κ3) is 5.41. The van der Waals surface area contributed by atoms with Crippen molar-refractivity contribution in [2.45, 2.75) is 24.3 Å². The first kappa shape index (κ1) is 23.4. The van der Waals surface area contributed by atoms with Crippen LogP contribution in [0.5, 0.6) is 0 Å². The molecule has 1 heterocycles. The standard InChI is InChI=1S/C26H26N4O3S/c1-19-12-14-22(15-13-19)34(32,33)29-24(20-8-4-3-5-9-20)16-26(31)28-27-17-21-18-30(2)25-11-7-6-10-23(21)25/h3-15,17-18,24,29H,16H2,1-2H3,(H,28,31)/b27-17-/t24-/m1/s1. The number of rotatable bonds is 8. The molecule has 7 nitrogen and oxygen atoms in total. The zero-order chi connectivity index (χ0) is 24.1. The van der Waals surface area contributed by atoms with Gasteiger partial charge in [0.1, 0.15) is 0 Å². The van der Waals surface area contributed by atoms with Crippen molar-refractivity contribution in [2.75, 3.05) is 0 Å². The van der Waals surface area contributed by atoms with Gasteiger partial charge in [0.05, 0.1) is 17.2 Å². The highest BCUT2D eigenvalue weighted by Gasteiger charge is 2.23. The molecule has 0 aliphatic heterocycles. The van der Waals surface area contributed by atoms with Crippen LogP contribution in [-0.2, 0) is 21.9 Å². The molecule has 174 valence electrons. The fourth-order valence-electron chi connectivity index (χ4n) is 3.77. The van der Waals surface area contributed by atoms with Crippen LogP contribution in [0.2, 0.25) is 0 Å². The topological polar surface area (TPSA) is 92.6 Å². The largest absolute Gasteiger partial charge is 0.350 e. The summed E-state index contributed by atoms with van der Waals surface area (Å²) in [6, 6.07) is 22.8. The number of hydrogen-bond donors (Lipinski definition) is 2. The quantitative estimate of drug-likeness (QED) is 0.298. The molecule has 4 aromatic rings. The Morgan fingerprint density at radius 3 is 2.41 bits per heavy atom. The van der Waals surface area contributed by atoms with Gasteiger partial charge in [0.25, 0.3) is 0 Å². The van der Waals surface area contributed by atoms with E-state index in [4.69, 9.17) is 0 Å². The lowest BCUT2D eigenvalue weighted by Crippen LogP contribution is -2.32. The SMILES string of the molecule is Cc1ccc(S(=O)(=O)N[C@H](CC(=O)N/N=C\c2cn(C)c3ccccc23)c2ccccc2)cc1. The smallest absolute Gasteiger partial charge is 0.242 e. The number of fused-ring (bicyclic) bond motifs is 1. The number of hydrogen-bond acceptors (Lipinski definition) is 4. The fourth-order valence-corrected chi connectivity index (χ4v) is 4.99. The van der Waals surface area contributed by atoms with E-state index in [0.29, 0.717) is 5.56 Å². The van der Waals surface area contributed by atoms with Crippen LogP contribution >= 0.6 is 0 Å². The van der Waals surface area contributed by atoms with Crippen molar-refractivity contribution in [3.8, 4) is 0 Å². The summed E-state index contributed by atoms with van der Waals surface area (Å²) < 4.78 is 30.6. The minimum Gasteiger partial charge on any atom is -0.350 e. The van der Waals surface area contributed by atoms with Gasteiger partial charge in [0.2, 0.25) is 15.9 Å². The predicted octanol–water partition coefficient (Wildman–Crippen LogP) is 4.05.